The highest BCUT2D eigenvalue weighted by Gasteiger charge is 2.19. The number of methoxy groups -OCH3 is 1. The number of Topliss-reactive ketones (excluding diaryl/α,β-unsaturated/α-hetero) is 1. The molecule has 1 rings (SSSR count). The van der Waals surface area contributed by atoms with Gasteiger partial charge in [-0.25, -0.2) is 4.79 Å². The number of nitrogens with zero attached hydrogens (tertiary/aromatic N) is 1. The molecule has 0 aromatic rings. The molecule has 0 unspecified atom stereocenters. The van der Waals surface area contributed by atoms with Crippen molar-refractivity contribution in [2.75, 3.05) is 7.11 Å². The molecule has 4 heteroatoms. The van der Waals surface area contributed by atoms with Gasteiger partial charge in [-0.05, 0) is 24.5 Å². The molecular formula is C14H17NO3. The normalized spacial score (nSPS) is 17.0. The standard InChI is InChI=1S/C14H17NO3/c1-3-4-8-13(16)10-9-12-7-5-6-11-15(12)14(17)18-2/h5-7,11-12H,3-4,8H2,1-2H3/t12-/m1/s1. The quantitative estimate of drug-likeness (QED) is 0.567. The zero-order valence-corrected chi connectivity index (χ0v) is 10.7. The molecule has 1 aliphatic heterocycles. The zero-order chi connectivity index (χ0) is 13.4. The second kappa shape index (κ2) is 7.33. The predicted octanol–water partition coefficient (Wildman–Crippen LogP) is 2.27. The van der Waals surface area contributed by atoms with Gasteiger partial charge in [0.1, 0.15) is 6.04 Å². The monoisotopic (exact) mass is 247 g/mol. The van der Waals surface area contributed by atoms with Crippen molar-refractivity contribution < 1.29 is 14.3 Å². The van der Waals surface area contributed by atoms with E-state index >= 15 is 0 Å². The summed E-state index contributed by atoms with van der Waals surface area (Å²) in [5, 5.41) is 0. The van der Waals surface area contributed by atoms with E-state index in [2.05, 4.69) is 16.6 Å². The highest BCUT2D eigenvalue weighted by Crippen LogP contribution is 2.09. The van der Waals surface area contributed by atoms with Gasteiger partial charge < -0.3 is 4.74 Å². The number of amides is 1. The van der Waals surface area contributed by atoms with Crippen LogP contribution in [0.5, 0.6) is 0 Å². The first-order chi connectivity index (χ1) is 8.69. The van der Waals surface area contributed by atoms with E-state index in [-0.39, 0.29) is 5.78 Å². The molecule has 18 heavy (non-hydrogen) atoms. The lowest BCUT2D eigenvalue weighted by atomic mass is 10.1. The summed E-state index contributed by atoms with van der Waals surface area (Å²) in [4.78, 5) is 24.2. The van der Waals surface area contributed by atoms with Gasteiger partial charge >= 0.3 is 6.09 Å². The molecule has 4 nitrogen and oxygen atoms in total. The number of carbonyl (C=O) groups is 2. The maximum Gasteiger partial charge on any atom is 0.414 e. The van der Waals surface area contributed by atoms with Crippen LogP contribution in [0.1, 0.15) is 26.2 Å². The van der Waals surface area contributed by atoms with Gasteiger partial charge in [-0.15, -0.1) is 0 Å². The van der Waals surface area contributed by atoms with Gasteiger partial charge in [-0.1, -0.05) is 25.3 Å². The average molecular weight is 247 g/mol. The van der Waals surface area contributed by atoms with Crippen molar-refractivity contribution in [2.24, 2.45) is 0 Å². The Balaban J connectivity index is 2.67. The number of rotatable bonds is 3. The lowest BCUT2D eigenvalue weighted by molar-refractivity contribution is -0.113. The molecule has 0 aliphatic carbocycles. The van der Waals surface area contributed by atoms with Crippen molar-refractivity contribution in [2.45, 2.75) is 32.2 Å². The molecule has 0 aromatic carbocycles. The van der Waals surface area contributed by atoms with Crippen LogP contribution in [0.25, 0.3) is 0 Å². The minimum Gasteiger partial charge on any atom is -0.452 e. The Morgan fingerprint density at radius 1 is 1.39 bits per heavy atom. The first kappa shape index (κ1) is 14.0. The first-order valence-electron chi connectivity index (χ1n) is 5.94. The van der Waals surface area contributed by atoms with Crippen LogP contribution in [0.2, 0.25) is 0 Å². The molecule has 1 heterocycles. The second-order valence-corrected chi connectivity index (χ2v) is 3.84. The molecule has 0 bridgehead atoms. The molecule has 0 radical (unpaired) electrons. The average Bonchev–Trinajstić information content (AvgIpc) is 2.42. The van der Waals surface area contributed by atoms with Crippen LogP contribution in [0.3, 0.4) is 0 Å². The van der Waals surface area contributed by atoms with Gasteiger partial charge in [0, 0.05) is 12.6 Å². The molecule has 0 saturated carbocycles. The van der Waals surface area contributed by atoms with Crippen LogP contribution in [-0.2, 0) is 9.53 Å². The van der Waals surface area contributed by atoms with Gasteiger partial charge in [0.15, 0.2) is 0 Å². The van der Waals surface area contributed by atoms with E-state index in [9.17, 15) is 9.59 Å². The fourth-order valence-corrected chi connectivity index (χ4v) is 1.45. The smallest absolute Gasteiger partial charge is 0.414 e. The van der Waals surface area contributed by atoms with Crippen molar-refractivity contribution in [1.29, 1.82) is 0 Å². The maximum atomic E-state index is 11.5. The Hall–Kier alpha value is -2.02. The van der Waals surface area contributed by atoms with Gasteiger partial charge in [0.2, 0.25) is 5.78 Å². The van der Waals surface area contributed by atoms with E-state index in [1.807, 2.05) is 6.92 Å². The summed E-state index contributed by atoms with van der Waals surface area (Å²) in [6, 6.07) is -0.437. The van der Waals surface area contributed by atoms with Crippen molar-refractivity contribution >= 4 is 11.9 Å². The molecule has 0 aromatic heterocycles. The summed E-state index contributed by atoms with van der Waals surface area (Å²) >= 11 is 0. The van der Waals surface area contributed by atoms with E-state index < -0.39 is 12.1 Å². The molecule has 0 N–H and O–H groups in total. The second-order valence-electron chi connectivity index (χ2n) is 3.84. The number of hydrogen-bond donors (Lipinski definition) is 0. The minimum absolute atomic E-state index is 0.0929. The van der Waals surface area contributed by atoms with Crippen LogP contribution in [0.4, 0.5) is 4.79 Å². The Kier molecular flexibility index (Phi) is 5.72. The highest BCUT2D eigenvalue weighted by molar-refractivity contribution is 5.95. The Labute approximate surface area is 107 Å². The topological polar surface area (TPSA) is 46.6 Å². The Bertz CT molecular complexity index is 426. The van der Waals surface area contributed by atoms with Crippen LogP contribution in [-0.4, -0.2) is 29.9 Å². The zero-order valence-electron chi connectivity index (χ0n) is 10.7. The SMILES string of the molecule is CCCCC(=O)C#C[C@H]1C=CC=CN1C(=O)OC. The first-order valence-corrected chi connectivity index (χ1v) is 5.94. The van der Waals surface area contributed by atoms with E-state index in [0.29, 0.717) is 6.42 Å². The molecule has 96 valence electrons. The third-order valence-electron chi connectivity index (χ3n) is 2.45. The van der Waals surface area contributed by atoms with E-state index in [1.165, 1.54) is 12.0 Å². The fraction of sp³-hybridized carbons (Fsp3) is 0.429. The van der Waals surface area contributed by atoms with E-state index in [4.69, 9.17) is 0 Å². The third-order valence-corrected chi connectivity index (χ3v) is 2.45. The predicted molar refractivity (Wildman–Crippen MR) is 68.6 cm³/mol. The summed E-state index contributed by atoms with van der Waals surface area (Å²) in [6.07, 6.45) is 8.62. The fourth-order valence-electron chi connectivity index (χ4n) is 1.45. The number of ether oxygens (including phenoxy) is 1. The van der Waals surface area contributed by atoms with Crippen molar-refractivity contribution in [3.8, 4) is 11.8 Å². The number of hydrogen-bond acceptors (Lipinski definition) is 3. The molecule has 0 saturated heterocycles. The lowest BCUT2D eigenvalue weighted by Crippen LogP contribution is -2.35. The van der Waals surface area contributed by atoms with Crippen LogP contribution in [0.15, 0.2) is 24.4 Å². The molecule has 0 spiro atoms. The Morgan fingerprint density at radius 3 is 2.83 bits per heavy atom. The summed E-state index contributed by atoms with van der Waals surface area (Å²) in [6.45, 7) is 2.02. The van der Waals surface area contributed by atoms with Crippen LogP contribution in [0, 0.1) is 11.8 Å². The van der Waals surface area contributed by atoms with Gasteiger partial charge in [0.25, 0.3) is 0 Å². The van der Waals surface area contributed by atoms with Crippen molar-refractivity contribution in [3.05, 3.63) is 24.4 Å². The molecule has 0 fully saturated rings. The molecule has 1 atom stereocenters. The largest absolute Gasteiger partial charge is 0.452 e. The van der Waals surface area contributed by atoms with E-state index in [1.54, 1.807) is 24.4 Å². The number of unbranched alkanes of at least 4 members (excludes halogenated alkanes) is 1. The minimum atomic E-state index is -0.490. The van der Waals surface area contributed by atoms with Crippen molar-refractivity contribution in [3.63, 3.8) is 0 Å². The van der Waals surface area contributed by atoms with Crippen LogP contribution >= 0.6 is 0 Å². The maximum absolute atomic E-state index is 11.5. The highest BCUT2D eigenvalue weighted by atomic mass is 16.5. The summed E-state index contributed by atoms with van der Waals surface area (Å²) in [5.74, 6) is 5.26. The Morgan fingerprint density at radius 2 is 2.17 bits per heavy atom. The summed E-state index contributed by atoms with van der Waals surface area (Å²) < 4.78 is 4.64. The van der Waals surface area contributed by atoms with Gasteiger partial charge in [-0.3, -0.25) is 9.69 Å². The van der Waals surface area contributed by atoms with Gasteiger partial charge in [-0.2, -0.15) is 0 Å². The molecule has 1 aliphatic rings. The molecule has 1 amide bonds. The summed E-state index contributed by atoms with van der Waals surface area (Å²) in [7, 11) is 1.31. The summed E-state index contributed by atoms with van der Waals surface area (Å²) in [5.41, 5.74) is 0. The van der Waals surface area contributed by atoms with Crippen molar-refractivity contribution in [1.82, 2.24) is 4.90 Å². The number of carbonyl (C=O) groups excluding carboxylic acids is 2. The van der Waals surface area contributed by atoms with E-state index in [0.717, 1.165) is 12.8 Å². The molecular weight excluding hydrogens is 230 g/mol. The number of allylic oxidation sites excluding steroid dienone is 2. The third kappa shape index (κ3) is 4.10. The lowest BCUT2D eigenvalue weighted by Gasteiger charge is -2.22. The van der Waals surface area contributed by atoms with Gasteiger partial charge in [0.05, 0.1) is 7.11 Å². The number of ketones is 1. The van der Waals surface area contributed by atoms with Crippen LogP contribution < -0.4 is 0 Å².